The fourth-order valence-electron chi connectivity index (χ4n) is 3.92. The van der Waals surface area contributed by atoms with Gasteiger partial charge in [-0.05, 0) is 51.0 Å². The predicted octanol–water partition coefficient (Wildman–Crippen LogP) is 3.89. The number of nitrogens with zero attached hydrogens (tertiary/aromatic N) is 1. The number of ether oxygens (including phenoxy) is 1. The van der Waals surface area contributed by atoms with Crippen LogP contribution in [-0.2, 0) is 14.3 Å². The zero-order valence-electron chi connectivity index (χ0n) is 22.9. The molecule has 11 nitrogen and oxygen atoms in total. The van der Waals surface area contributed by atoms with Gasteiger partial charge in [-0.2, -0.15) is 0 Å². The van der Waals surface area contributed by atoms with Crippen molar-refractivity contribution in [3.05, 3.63) is 75.0 Å². The van der Waals surface area contributed by atoms with Crippen LogP contribution in [0, 0.1) is 12.3 Å². The Morgan fingerprint density at radius 3 is 2.29 bits per heavy atom. The molecule has 1 heterocycles. The molecule has 2 aromatic carbocycles. The van der Waals surface area contributed by atoms with Crippen LogP contribution in [0.5, 0.6) is 5.75 Å². The minimum atomic E-state index is -1.41. The highest BCUT2D eigenvalue weighted by molar-refractivity contribution is 7.48. The van der Waals surface area contributed by atoms with Crippen LogP contribution in [0.25, 0.3) is 0 Å². The summed E-state index contributed by atoms with van der Waals surface area (Å²) >= 11 is 12.2. The maximum atomic E-state index is 12.9. The Labute approximate surface area is 250 Å². The molecule has 3 rings (SSSR count). The van der Waals surface area contributed by atoms with Crippen molar-refractivity contribution in [2.75, 3.05) is 20.2 Å². The Kier molecular flexibility index (Phi) is 11.9. The van der Waals surface area contributed by atoms with Crippen molar-refractivity contribution in [1.29, 1.82) is 5.41 Å². The van der Waals surface area contributed by atoms with Gasteiger partial charge in [0.2, 0.25) is 8.45 Å². The molecule has 2 amide bonds. The zero-order valence-corrected chi connectivity index (χ0v) is 25.3. The van der Waals surface area contributed by atoms with Gasteiger partial charge in [0, 0.05) is 25.3 Å². The molecule has 1 fully saturated rings. The number of esters is 1. The second kappa shape index (κ2) is 15.1. The Morgan fingerprint density at radius 2 is 1.73 bits per heavy atom. The van der Waals surface area contributed by atoms with E-state index >= 15 is 0 Å². The molecule has 41 heavy (non-hydrogen) atoms. The van der Waals surface area contributed by atoms with Gasteiger partial charge in [-0.3, -0.25) is 14.4 Å². The van der Waals surface area contributed by atoms with Crippen molar-refractivity contribution < 1.29 is 23.6 Å². The summed E-state index contributed by atoms with van der Waals surface area (Å²) in [6.07, 6.45) is 1.93. The van der Waals surface area contributed by atoms with Crippen molar-refractivity contribution in [2.45, 2.75) is 38.8 Å². The Balaban J connectivity index is 1.64. The van der Waals surface area contributed by atoms with Crippen LogP contribution in [0.1, 0.15) is 35.7 Å². The molecule has 2 atom stereocenters. The van der Waals surface area contributed by atoms with Gasteiger partial charge >= 0.3 is 5.97 Å². The van der Waals surface area contributed by atoms with E-state index < -0.39 is 32.3 Å². The second-order valence-corrected chi connectivity index (χ2v) is 11.6. The van der Waals surface area contributed by atoms with Crippen LogP contribution in [-0.4, -0.2) is 61.0 Å². The minimum absolute atomic E-state index is 0.00949. The standard InChI is InChI=1S/C27H33Cl2N6O5P/c1-16-7-9-19(10-8-16)40-41(34-17(2)27(38)39-3)35-13-11-18(12-14-35)32-26(37)24(31)22(15-30)33-25(36)23-20(28)5-4-6-21(23)29/h4-10,15,17-18,30,34H,11-14,31H2,1-3H3,(H,32,37)(H,33,36)/b24-22+,30-15?. The predicted molar refractivity (Wildman–Crippen MR) is 160 cm³/mol. The number of nitrogens with one attached hydrogen (secondary N) is 4. The molecular formula is C27H33Cl2N6O5P. The molecule has 14 heteroatoms. The molecule has 220 valence electrons. The van der Waals surface area contributed by atoms with Gasteiger partial charge in [0.15, 0.2) is 0 Å². The highest BCUT2D eigenvalue weighted by Gasteiger charge is 2.31. The van der Waals surface area contributed by atoms with Crippen molar-refractivity contribution in [3.8, 4) is 5.75 Å². The number of rotatable bonds is 11. The van der Waals surface area contributed by atoms with Crippen molar-refractivity contribution in [1.82, 2.24) is 20.4 Å². The number of carbonyl (C=O) groups is 3. The average Bonchev–Trinajstić information content (AvgIpc) is 2.96. The number of carbonyl (C=O) groups excluding carboxylic acids is 3. The summed E-state index contributed by atoms with van der Waals surface area (Å²) in [7, 11) is -0.0753. The van der Waals surface area contributed by atoms with Gasteiger partial charge in [-0.15, -0.1) is 0 Å². The molecule has 0 bridgehead atoms. The van der Waals surface area contributed by atoms with Gasteiger partial charge < -0.3 is 31.0 Å². The molecule has 0 saturated carbocycles. The summed E-state index contributed by atoms with van der Waals surface area (Å²) in [5.41, 5.74) is 6.62. The van der Waals surface area contributed by atoms with Crippen LogP contribution < -0.4 is 26.0 Å². The number of aryl methyl sites for hydroxylation is 1. The summed E-state index contributed by atoms with van der Waals surface area (Å²) < 4.78 is 13.2. The second-order valence-electron chi connectivity index (χ2n) is 9.28. The summed E-state index contributed by atoms with van der Waals surface area (Å²) in [6.45, 7) is 4.82. The lowest BCUT2D eigenvalue weighted by atomic mass is 10.1. The van der Waals surface area contributed by atoms with E-state index in [-0.39, 0.29) is 33.0 Å². The first kappa shape index (κ1) is 32.3. The number of halogens is 2. The summed E-state index contributed by atoms with van der Waals surface area (Å²) in [5, 5.41) is 16.4. The first-order chi connectivity index (χ1) is 19.5. The summed E-state index contributed by atoms with van der Waals surface area (Å²) in [5.74, 6) is -1.05. The maximum Gasteiger partial charge on any atom is 0.322 e. The van der Waals surface area contributed by atoms with E-state index in [1.165, 1.54) is 19.2 Å². The molecular weight excluding hydrogens is 590 g/mol. The van der Waals surface area contributed by atoms with E-state index in [9.17, 15) is 14.4 Å². The van der Waals surface area contributed by atoms with Crippen molar-refractivity contribution in [2.24, 2.45) is 5.73 Å². The zero-order chi connectivity index (χ0) is 30.1. The number of amides is 2. The quantitative estimate of drug-likeness (QED) is 0.109. The van der Waals surface area contributed by atoms with Crippen LogP contribution in [0.4, 0.5) is 0 Å². The SMILES string of the molecule is COC(=O)C(C)NP(Oc1ccc(C)cc1)N1CCC(NC(=O)/C(N)=C(/C=N)NC(=O)c2c(Cl)cccc2Cl)CC1. The van der Waals surface area contributed by atoms with Gasteiger partial charge in [-0.25, -0.2) is 9.76 Å². The highest BCUT2D eigenvalue weighted by Crippen LogP contribution is 2.41. The summed E-state index contributed by atoms with van der Waals surface area (Å²) in [4.78, 5) is 37.7. The first-order valence-corrected chi connectivity index (χ1v) is 14.7. The van der Waals surface area contributed by atoms with E-state index in [4.69, 9.17) is 43.6 Å². The number of benzene rings is 2. The Bertz CT molecular complexity index is 1280. The number of hydrogen-bond acceptors (Lipinski definition) is 9. The molecule has 0 radical (unpaired) electrons. The lowest BCUT2D eigenvalue weighted by molar-refractivity contribution is -0.142. The topological polar surface area (TPSA) is 159 Å². The third-order valence-corrected chi connectivity index (χ3v) is 8.79. The highest BCUT2D eigenvalue weighted by atomic mass is 35.5. The average molecular weight is 623 g/mol. The molecule has 0 aliphatic carbocycles. The van der Waals surface area contributed by atoms with Crippen molar-refractivity contribution >= 4 is 55.7 Å². The number of piperidine rings is 1. The van der Waals surface area contributed by atoms with E-state index in [0.717, 1.165) is 11.8 Å². The Hall–Kier alpha value is -3.21. The molecule has 6 N–H and O–H groups in total. The minimum Gasteiger partial charge on any atom is -0.468 e. The van der Waals surface area contributed by atoms with Gasteiger partial charge in [-0.1, -0.05) is 47.0 Å². The van der Waals surface area contributed by atoms with Gasteiger partial charge in [0.05, 0.1) is 28.4 Å². The van der Waals surface area contributed by atoms with Crippen LogP contribution in [0.3, 0.4) is 0 Å². The molecule has 2 unspecified atom stereocenters. The van der Waals surface area contributed by atoms with E-state index in [0.29, 0.717) is 31.7 Å². The fourth-order valence-corrected chi connectivity index (χ4v) is 6.17. The first-order valence-electron chi connectivity index (χ1n) is 12.7. The normalized spacial score (nSPS) is 16.1. The fraction of sp³-hybridized carbons (Fsp3) is 0.333. The number of methoxy groups -OCH3 is 1. The van der Waals surface area contributed by atoms with E-state index in [1.54, 1.807) is 13.0 Å². The number of hydrogen-bond donors (Lipinski definition) is 5. The lowest BCUT2D eigenvalue weighted by Gasteiger charge is -2.37. The Morgan fingerprint density at radius 1 is 1.12 bits per heavy atom. The van der Waals surface area contributed by atoms with E-state index in [2.05, 4.69) is 20.4 Å². The van der Waals surface area contributed by atoms with Crippen LogP contribution in [0.15, 0.2) is 53.9 Å². The summed E-state index contributed by atoms with van der Waals surface area (Å²) in [6, 6.07) is 11.4. The van der Waals surface area contributed by atoms with Gasteiger partial charge in [0.25, 0.3) is 11.8 Å². The number of allylic oxidation sites excluding steroid dienone is 1. The number of nitrogens with two attached hydrogens (primary N) is 1. The van der Waals surface area contributed by atoms with Crippen molar-refractivity contribution in [3.63, 3.8) is 0 Å². The largest absolute Gasteiger partial charge is 0.468 e. The third kappa shape index (κ3) is 8.89. The monoisotopic (exact) mass is 622 g/mol. The molecule has 1 aliphatic heterocycles. The molecule has 2 aromatic rings. The molecule has 0 aromatic heterocycles. The van der Waals surface area contributed by atoms with E-state index in [1.807, 2.05) is 31.2 Å². The molecule has 0 spiro atoms. The third-order valence-electron chi connectivity index (χ3n) is 6.25. The molecule has 1 saturated heterocycles. The van der Waals surface area contributed by atoms with Gasteiger partial charge in [0.1, 0.15) is 17.5 Å². The van der Waals surface area contributed by atoms with Crippen LogP contribution >= 0.6 is 31.7 Å². The molecule has 1 aliphatic rings. The van der Waals surface area contributed by atoms with Crippen LogP contribution in [0.2, 0.25) is 10.0 Å². The maximum absolute atomic E-state index is 12.9. The smallest absolute Gasteiger partial charge is 0.322 e. The lowest BCUT2D eigenvalue weighted by Crippen LogP contribution is -2.47.